The van der Waals surface area contributed by atoms with Crippen molar-refractivity contribution in [1.82, 2.24) is 0 Å². The van der Waals surface area contributed by atoms with Gasteiger partial charge in [-0.05, 0) is 18.8 Å². The maximum absolute atomic E-state index is 13.4. The van der Waals surface area contributed by atoms with Crippen LogP contribution in [0, 0.1) is 17.6 Å². The lowest BCUT2D eigenvalue weighted by Gasteiger charge is -2.31. The highest BCUT2D eigenvalue weighted by molar-refractivity contribution is 6.11. The number of fused-ring (bicyclic) bond motifs is 1. The molecule has 1 saturated carbocycles. The molecule has 1 unspecified atom stereocenters. The highest BCUT2D eigenvalue weighted by Gasteiger charge is 2.41. The van der Waals surface area contributed by atoms with E-state index in [9.17, 15) is 18.4 Å². The molecule has 2 aliphatic rings. The minimum Gasteiger partial charge on any atom is -0.371 e. The predicted molar refractivity (Wildman–Crippen MR) is 70.9 cm³/mol. The summed E-state index contributed by atoms with van der Waals surface area (Å²) in [6.07, 6.45) is 1.11. The van der Waals surface area contributed by atoms with Crippen LogP contribution < -0.4 is 10.2 Å². The smallest absolute Gasteiger partial charge is 0.256 e. The van der Waals surface area contributed by atoms with Crippen molar-refractivity contribution in [3.8, 4) is 0 Å². The van der Waals surface area contributed by atoms with E-state index in [0.717, 1.165) is 29.9 Å². The highest BCUT2D eigenvalue weighted by Crippen LogP contribution is 2.38. The molecule has 5 nitrogen and oxygen atoms in total. The molecule has 1 atom stereocenters. The summed E-state index contributed by atoms with van der Waals surface area (Å²) in [4.78, 5) is 25.3. The number of methoxy groups -OCH3 is 1. The fourth-order valence-corrected chi connectivity index (χ4v) is 2.52. The van der Waals surface area contributed by atoms with E-state index in [1.54, 1.807) is 0 Å². The van der Waals surface area contributed by atoms with Crippen LogP contribution in [0.4, 0.5) is 20.2 Å². The summed E-state index contributed by atoms with van der Waals surface area (Å²) in [7, 11) is 1.43. The fraction of sp³-hybridized carbons (Fsp3) is 0.429. The number of rotatable bonds is 3. The molecule has 7 heteroatoms. The van der Waals surface area contributed by atoms with E-state index >= 15 is 0 Å². The Hall–Kier alpha value is -2.02. The summed E-state index contributed by atoms with van der Waals surface area (Å²) < 4.78 is 31.9. The lowest BCUT2D eigenvalue weighted by Crippen LogP contribution is -2.48. The van der Waals surface area contributed by atoms with Gasteiger partial charge in [-0.15, -0.1) is 0 Å². The zero-order valence-electron chi connectivity index (χ0n) is 11.4. The molecular formula is C14H14F2N2O3. The third-order valence-electron chi connectivity index (χ3n) is 3.72. The van der Waals surface area contributed by atoms with Gasteiger partial charge in [-0.2, -0.15) is 0 Å². The van der Waals surface area contributed by atoms with Crippen molar-refractivity contribution in [3.63, 3.8) is 0 Å². The van der Waals surface area contributed by atoms with Crippen molar-refractivity contribution in [2.75, 3.05) is 23.9 Å². The van der Waals surface area contributed by atoms with Crippen LogP contribution in [-0.2, 0) is 14.3 Å². The van der Waals surface area contributed by atoms with Crippen LogP contribution >= 0.6 is 0 Å². The van der Waals surface area contributed by atoms with Crippen LogP contribution in [0.1, 0.15) is 12.8 Å². The van der Waals surface area contributed by atoms with Crippen LogP contribution in [0.5, 0.6) is 0 Å². The van der Waals surface area contributed by atoms with Gasteiger partial charge in [0.15, 0.2) is 11.6 Å². The second-order valence-electron chi connectivity index (χ2n) is 5.25. The van der Waals surface area contributed by atoms with E-state index in [-0.39, 0.29) is 23.8 Å². The van der Waals surface area contributed by atoms with Gasteiger partial charge in [0, 0.05) is 19.2 Å². The number of carbonyl (C=O) groups excluding carboxylic acids is 2. The monoisotopic (exact) mass is 296 g/mol. The Morgan fingerprint density at radius 1 is 1.38 bits per heavy atom. The molecule has 1 aliphatic carbocycles. The summed E-state index contributed by atoms with van der Waals surface area (Å²) in [6.45, 7) is -0.233. The van der Waals surface area contributed by atoms with Gasteiger partial charge < -0.3 is 10.1 Å². The Morgan fingerprint density at radius 2 is 2.05 bits per heavy atom. The van der Waals surface area contributed by atoms with Crippen molar-refractivity contribution in [2.45, 2.75) is 18.9 Å². The Balaban J connectivity index is 1.98. The number of ether oxygens (including phenoxy) is 1. The van der Waals surface area contributed by atoms with Gasteiger partial charge in [0.2, 0.25) is 5.91 Å². The van der Waals surface area contributed by atoms with Gasteiger partial charge in [-0.3, -0.25) is 14.5 Å². The molecule has 112 valence electrons. The van der Waals surface area contributed by atoms with Crippen molar-refractivity contribution in [3.05, 3.63) is 23.8 Å². The Labute approximate surface area is 119 Å². The van der Waals surface area contributed by atoms with Crippen molar-refractivity contribution in [1.29, 1.82) is 0 Å². The number of carbonyl (C=O) groups is 2. The number of hydrogen-bond acceptors (Lipinski definition) is 3. The van der Waals surface area contributed by atoms with Gasteiger partial charge in [-0.1, -0.05) is 0 Å². The van der Waals surface area contributed by atoms with Crippen molar-refractivity contribution >= 4 is 23.2 Å². The minimum atomic E-state index is -1.08. The highest BCUT2D eigenvalue weighted by atomic mass is 19.2. The molecule has 1 heterocycles. The second kappa shape index (κ2) is 5.07. The largest absolute Gasteiger partial charge is 0.371 e. The van der Waals surface area contributed by atoms with E-state index in [1.165, 1.54) is 7.11 Å². The molecule has 1 fully saturated rings. The maximum atomic E-state index is 13.4. The predicted octanol–water partition coefficient (Wildman–Crippen LogP) is 1.67. The standard InChI is InChI=1S/C14H14F2N2O3/c1-21-13(7-2-3-7)14(20)18-6-12(19)17-10-4-8(15)9(16)5-11(10)18/h4-5,7,13H,2-3,6H2,1H3,(H,17,19). The molecule has 1 aromatic carbocycles. The summed E-state index contributed by atoms with van der Waals surface area (Å²) in [5.41, 5.74) is 0.241. The molecule has 0 saturated heterocycles. The number of anilines is 2. The van der Waals surface area contributed by atoms with Crippen LogP contribution in [0.3, 0.4) is 0 Å². The van der Waals surface area contributed by atoms with Crippen LogP contribution in [-0.4, -0.2) is 31.6 Å². The van der Waals surface area contributed by atoms with Crippen LogP contribution in [0.15, 0.2) is 12.1 Å². The van der Waals surface area contributed by atoms with Crippen molar-refractivity contribution in [2.24, 2.45) is 5.92 Å². The molecule has 1 N–H and O–H groups in total. The first-order valence-corrected chi connectivity index (χ1v) is 6.64. The number of nitrogens with one attached hydrogen (secondary N) is 1. The number of amides is 2. The quantitative estimate of drug-likeness (QED) is 0.923. The number of benzene rings is 1. The SMILES string of the molecule is COC(C(=O)N1CC(=O)Nc2cc(F)c(F)cc21)C1CC1. The Morgan fingerprint density at radius 3 is 2.67 bits per heavy atom. The molecule has 21 heavy (non-hydrogen) atoms. The van der Waals surface area contributed by atoms with E-state index in [2.05, 4.69) is 5.32 Å². The first-order valence-electron chi connectivity index (χ1n) is 6.64. The normalized spacial score (nSPS) is 19.0. The number of halogens is 2. The minimum absolute atomic E-state index is 0.0872. The summed E-state index contributed by atoms with van der Waals surface area (Å²) in [5.74, 6) is -2.87. The molecule has 3 rings (SSSR count). The van der Waals surface area contributed by atoms with Gasteiger partial charge in [0.1, 0.15) is 12.6 Å². The van der Waals surface area contributed by atoms with E-state index in [1.807, 2.05) is 0 Å². The molecule has 1 aliphatic heterocycles. The maximum Gasteiger partial charge on any atom is 0.256 e. The summed E-state index contributed by atoms with van der Waals surface area (Å²) in [6, 6.07) is 1.79. The third-order valence-corrected chi connectivity index (χ3v) is 3.72. The summed E-state index contributed by atoms with van der Waals surface area (Å²) in [5, 5.41) is 2.43. The van der Waals surface area contributed by atoms with Gasteiger partial charge in [0.25, 0.3) is 5.91 Å². The Bertz CT molecular complexity index is 616. The van der Waals surface area contributed by atoms with Crippen molar-refractivity contribution < 1.29 is 23.1 Å². The molecular weight excluding hydrogens is 282 g/mol. The van der Waals surface area contributed by atoms with Gasteiger partial charge in [0.05, 0.1) is 11.4 Å². The lowest BCUT2D eigenvalue weighted by molar-refractivity contribution is -0.130. The molecule has 2 amide bonds. The first kappa shape index (κ1) is 13.9. The van der Waals surface area contributed by atoms with E-state index < -0.39 is 29.6 Å². The third kappa shape index (κ3) is 2.49. The number of nitrogens with zero attached hydrogens (tertiary/aromatic N) is 1. The molecule has 1 aromatic rings. The topological polar surface area (TPSA) is 58.6 Å². The van der Waals surface area contributed by atoms with Gasteiger partial charge in [-0.25, -0.2) is 8.78 Å². The second-order valence-corrected chi connectivity index (χ2v) is 5.25. The van der Waals surface area contributed by atoms with Crippen LogP contribution in [0.25, 0.3) is 0 Å². The molecule has 0 radical (unpaired) electrons. The molecule has 0 bridgehead atoms. The zero-order chi connectivity index (χ0) is 15.1. The number of hydrogen-bond donors (Lipinski definition) is 1. The zero-order valence-corrected chi connectivity index (χ0v) is 11.4. The lowest BCUT2D eigenvalue weighted by atomic mass is 10.1. The van der Waals surface area contributed by atoms with E-state index in [4.69, 9.17) is 4.74 Å². The molecule has 0 aromatic heterocycles. The Kier molecular flexibility index (Phi) is 3.36. The molecule has 0 spiro atoms. The average molecular weight is 296 g/mol. The fourth-order valence-electron chi connectivity index (χ4n) is 2.52. The summed E-state index contributed by atoms with van der Waals surface area (Å²) >= 11 is 0. The van der Waals surface area contributed by atoms with Crippen LogP contribution in [0.2, 0.25) is 0 Å². The average Bonchev–Trinajstić information content (AvgIpc) is 3.25. The van der Waals surface area contributed by atoms with E-state index in [0.29, 0.717) is 0 Å². The first-order chi connectivity index (χ1) is 10.0. The van der Waals surface area contributed by atoms with Gasteiger partial charge >= 0.3 is 0 Å².